The van der Waals surface area contributed by atoms with E-state index in [1.807, 2.05) is 0 Å². The molecule has 10 heavy (non-hydrogen) atoms. The van der Waals surface area contributed by atoms with E-state index in [2.05, 4.69) is 10.2 Å². The fourth-order valence-electron chi connectivity index (χ4n) is 2.06. The molecule has 0 aromatic carbocycles. The average Bonchev–Trinajstić information content (AvgIpc) is 2.12. The van der Waals surface area contributed by atoms with E-state index in [0.29, 0.717) is 0 Å². The molecule has 2 rings (SSSR count). The molecular formula is C8H16N2. The summed E-state index contributed by atoms with van der Waals surface area (Å²) in [4.78, 5) is 2.59. The minimum Gasteiger partial charge on any atom is -0.315 e. The molecule has 0 radical (unpaired) electrons. The number of rotatable bonds is 0. The number of hydrogen-bond donors (Lipinski definition) is 1. The van der Waals surface area contributed by atoms with E-state index in [4.69, 9.17) is 0 Å². The van der Waals surface area contributed by atoms with E-state index in [0.717, 1.165) is 5.92 Å². The number of hydrogen-bond acceptors (Lipinski definition) is 2. The van der Waals surface area contributed by atoms with Gasteiger partial charge < -0.3 is 10.2 Å². The topological polar surface area (TPSA) is 15.3 Å². The summed E-state index contributed by atoms with van der Waals surface area (Å²) < 4.78 is 0. The van der Waals surface area contributed by atoms with Crippen LogP contribution in [0.1, 0.15) is 12.8 Å². The van der Waals surface area contributed by atoms with Crippen LogP contribution in [0.25, 0.3) is 0 Å². The third kappa shape index (κ3) is 1.32. The fourth-order valence-corrected chi connectivity index (χ4v) is 2.06. The maximum absolute atomic E-state index is 3.48. The Morgan fingerprint density at radius 2 is 2.30 bits per heavy atom. The third-order valence-corrected chi connectivity index (χ3v) is 2.64. The molecule has 1 N–H and O–H groups in total. The second kappa shape index (κ2) is 2.89. The summed E-state index contributed by atoms with van der Waals surface area (Å²) in [6, 6.07) is 0. The Morgan fingerprint density at radius 1 is 1.30 bits per heavy atom. The molecule has 2 heteroatoms. The first-order valence-corrected chi connectivity index (χ1v) is 4.38. The van der Waals surface area contributed by atoms with Crippen LogP contribution in [0, 0.1) is 5.92 Å². The second-order valence-corrected chi connectivity index (χ2v) is 3.51. The maximum Gasteiger partial charge on any atom is 0.0107 e. The van der Waals surface area contributed by atoms with Crippen LogP contribution in [-0.4, -0.2) is 37.6 Å². The monoisotopic (exact) mass is 140 g/mol. The highest BCUT2D eigenvalue weighted by atomic mass is 15.2. The molecule has 0 amide bonds. The average molecular weight is 140 g/mol. The summed E-state index contributed by atoms with van der Waals surface area (Å²) in [5.41, 5.74) is 0. The van der Waals surface area contributed by atoms with Gasteiger partial charge in [-0.15, -0.1) is 0 Å². The van der Waals surface area contributed by atoms with Crippen LogP contribution in [0.5, 0.6) is 0 Å². The first-order valence-electron chi connectivity index (χ1n) is 4.38. The van der Waals surface area contributed by atoms with E-state index in [1.165, 1.54) is 45.6 Å². The second-order valence-electron chi connectivity index (χ2n) is 3.51. The lowest BCUT2D eigenvalue weighted by molar-refractivity contribution is 0.200. The molecular weight excluding hydrogens is 124 g/mol. The largest absolute Gasteiger partial charge is 0.315 e. The van der Waals surface area contributed by atoms with E-state index in [9.17, 15) is 0 Å². The van der Waals surface area contributed by atoms with Crippen LogP contribution in [0.15, 0.2) is 0 Å². The fraction of sp³-hybridized carbons (Fsp3) is 1.00. The highest BCUT2D eigenvalue weighted by molar-refractivity contribution is 4.78. The third-order valence-electron chi connectivity index (χ3n) is 2.64. The van der Waals surface area contributed by atoms with Crippen molar-refractivity contribution in [1.29, 1.82) is 0 Å². The van der Waals surface area contributed by atoms with Gasteiger partial charge in [0.2, 0.25) is 0 Å². The molecule has 0 saturated carbocycles. The van der Waals surface area contributed by atoms with Crippen molar-refractivity contribution in [3.8, 4) is 0 Å². The Balaban J connectivity index is 1.96. The first kappa shape index (κ1) is 6.62. The Hall–Kier alpha value is -0.0800. The molecule has 0 spiro atoms. The quantitative estimate of drug-likeness (QED) is 0.520. The van der Waals surface area contributed by atoms with Gasteiger partial charge in [0.15, 0.2) is 0 Å². The van der Waals surface area contributed by atoms with Gasteiger partial charge in [-0.1, -0.05) is 0 Å². The van der Waals surface area contributed by atoms with Gasteiger partial charge in [0, 0.05) is 19.6 Å². The predicted molar refractivity (Wildman–Crippen MR) is 42.0 cm³/mol. The summed E-state index contributed by atoms with van der Waals surface area (Å²) in [7, 11) is 0. The van der Waals surface area contributed by atoms with Gasteiger partial charge >= 0.3 is 0 Å². The molecule has 0 aliphatic carbocycles. The zero-order chi connectivity index (χ0) is 6.81. The first-order chi connectivity index (χ1) is 4.95. The zero-order valence-electron chi connectivity index (χ0n) is 6.47. The molecule has 2 saturated heterocycles. The Morgan fingerprint density at radius 3 is 3.30 bits per heavy atom. The molecule has 2 fully saturated rings. The van der Waals surface area contributed by atoms with Crippen molar-refractivity contribution in [2.75, 3.05) is 32.7 Å². The van der Waals surface area contributed by atoms with Crippen molar-refractivity contribution >= 4 is 0 Å². The summed E-state index contributed by atoms with van der Waals surface area (Å²) in [5.74, 6) is 0.955. The van der Waals surface area contributed by atoms with Gasteiger partial charge in [0.05, 0.1) is 0 Å². The van der Waals surface area contributed by atoms with Crippen LogP contribution >= 0.6 is 0 Å². The standard InChI is InChI=1S/C8H16N2/c1-2-8-6-9-3-5-10(4-1)7-8/h8-9H,1-7H2. The number of fused-ring (bicyclic) bond motifs is 2. The molecule has 2 heterocycles. The molecule has 2 aliphatic rings. The lowest BCUT2D eigenvalue weighted by atomic mass is 9.99. The molecule has 0 aromatic rings. The van der Waals surface area contributed by atoms with Gasteiger partial charge in [-0.05, 0) is 31.8 Å². The number of nitrogens with zero attached hydrogens (tertiary/aromatic N) is 1. The molecule has 2 aliphatic heterocycles. The van der Waals surface area contributed by atoms with E-state index >= 15 is 0 Å². The van der Waals surface area contributed by atoms with Gasteiger partial charge in [-0.25, -0.2) is 0 Å². The SMILES string of the molecule is C1CC2CNCCN(C1)C2. The van der Waals surface area contributed by atoms with Crippen molar-refractivity contribution < 1.29 is 0 Å². The van der Waals surface area contributed by atoms with Crippen LogP contribution in [0.3, 0.4) is 0 Å². The highest BCUT2D eigenvalue weighted by Crippen LogP contribution is 2.16. The van der Waals surface area contributed by atoms with E-state index in [-0.39, 0.29) is 0 Å². The van der Waals surface area contributed by atoms with Crippen LogP contribution in [0.2, 0.25) is 0 Å². The highest BCUT2D eigenvalue weighted by Gasteiger charge is 2.21. The lowest BCUT2D eigenvalue weighted by Gasteiger charge is -2.28. The summed E-state index contributed by atoms with van der Waals surface area (Å²) in [6.45, 7) is 6.44. The van der Waals surface area contributed by atoms with Crippen molar-refractivity contribution in [3.05, 3.63) is 0 Å². The van der Waals surface area contributed by atoms with Crippen molar-refractivity contribution in [1.82, 2.24) is 10.2 Å². The summed E-state index contributed by atoms with van der Waals surface area (Å²) >= 11 is 0. The Bertz CT molecular complexity index is 102. The van der Waals surface area contributed by atoms with Crippen LogP contribution in [-0.2, 0) is 0 Å². The zero-order valence-corrected chi connectivity index (χ0v) is 6.47. The van der Waals surface area contributed by atoms with Crippen molar-refractivity contribution in [2.24, 2.45) is 5.92 Å². The van der Waals surface area contributed by atoms with Crippen molar-refractivity contribution in [3.63, 3.8) is 0 Å². The summed E-state index contributed by atoms with van der Waals surface area (Å²) in [6.07, 6.45) is 2.87. The maximum atomic E-state index is 3.48. The van der Waals surface area contributed by atoms with Gasteiger partial charge in [-0.2, -0.15) is 0 Å². The van der Waals surface area contributed by atoms with E-state index in [1.54, 1.807) is 0 Å². The minimum absolute atomic E-state index is 0.955. The van der Waals surface area contributed by atoms with E-state index < -0.39 is 0 Å². The Kier molecular flexibility index (Phi) is 1.91. The Labute approximate surface area is 62.6 Å². The molecule has 0 aromatic heterocycles. The van der Waals surface area contributed by atoms with Crippen LogP contribution in [0.4, 0.5) is 0 Å². The van der Waals surface area contributed by atoms with Gasteiger partial charge in [0.25, 0.3) is 0 Å². The molecule has 2 atom stereocenters. The normalized spacial score (nSPS) is 40.8. The number of piperidine rings is 1. The minimum atomic E-state index is 0.955. The van der Waals surface area contributed by atoms with Gasteiger partial charge in [0.1, 0.15) is 0 Å². The van der Waals surface area contributed by atoms with Crippen molar-refractivity contribution in [2.45, 2.75) is 12.8 Å². The molecule has 2 bridgehead atoms. The van der Waals surface area contributed by atoms with Gasteiger partial charge in [-0.3, -0.25) is 0 Å². The molecule has 2 unspecified atom stereocenters. The number of nitrogens with one attached hydrogen (secondary N) is 1. The predicted octanol–water partition coefficient (Wildman–Crippen LogP) is 0.302. The summed E-state index contributed by atoms with van der Waals surface area (Å²) in [5, 5.41) is 3.48. The smallest absolute Gasteiger partial charge is 0.0107 e. The van der Waals surface area contributed by atoms with Crippen LogP contribution < -0.4 is 5.32 Å². The lowest BCUT2D eigenvalue weighted by Crippen LogP contribution is -2.35. The molecule has 58 valence electrons. The molecule has 2 nitrogen and oxygen atoms in total.